The van der Waals surface area contributed by atoms with E-state index in [0.29, 0.717) is 12.5 Å². The Morgan fingerprint density at radius 3 is 2.12 bits per heavy atom. The molecule has 2 nitrogen and oxygen atoms in total. The lowest BCUT2D eigenvalue weighted by Gasteiger charge is -2.48. The fraction of sp³-hybridized carbons (Fsp3) is 1.00. The van der Waals surface area contributed by atoms with Gasteiger partial charge in [-0.2, -0.15) is 0 Å². The first kappa shape index (κ1) is 14.0. The Hall–Kier alpha value is -0.0800. The zero-order valence-electron chi connectivity index (χ0n) is 11.3. The maximum Gasteiger partial charge on any atom is 0.0713 e. The third-order valence-corrected chi connectivity index (χ3v) is 5.10. The number of nitrogens with two attached hydrogens (primary N) is 1. The van der Waals surface area contributed by atoms with E-state index in [9.17, 15) is 5.11 Å². The van der Waals surface area contributed by atoms with Crippen LogP contribution in [-0.4, -0.2) is 17.3 Å². The van der Waals surface area contributed by atoms with Crippen LogP contribution in [0.3, 0.4) is 0 Å². The topological polar surface area (TPSA) is 46.2 Å². The van der Waals surface area contributed by atoms with E-state index in [4.69, 9.17) is 5.73 Å². The molecule has 0 amide bonds. The monoisotopic (exact) mass is 227 g/mol. The largest absolute Gasteiger partial charge is 0.389 e. The Kier molecular flexibility index (Phi) is 4.81. The highest BCUT2D eigenvalue weighted by Gasteiger charge is 2.48. The lowest BCUT2D eigenvalue weighted by molar-refractivity contribution is -0.113. The molecule has 1 rings (SSSR count). The Bertz CT molecular complexity index is 205. The Morgan fingerprint density at radius 2 is 1.75 bits per heavy atom. The molecule has 0 radical (unpaired) electrons. The molecular weight excluding hydrogens is 198 g/mol. The summed E-state index contributed by atoms with van der Waals surface area (Å²) in [5, 5.41) is 10.9. The smallest absolute Gasteiger partial charge is 0.0713 e. The van der Waals surface area contributed by atoms with Crippen molar-refractivity contribution in [2.75, 3.05) is 6.54 Å². The second-order valence-electron chi connectivity index (χ2n) is 5.86. The van der Waals surface area contributed by atoms with Crippen molar-refractivity contribution in [1.29, 1.82) is 0 Å². The number of rotatable bonds is 4. The van der Waals surface area contributed by atoms with E-state index in [1.54, 1.807) is 0 Å². The molecule has 2 atom stereocenters. The molecule has 2 unspecified atom stereocenters. The van der Waals surface area contributed by atoms with Crippen molar-refractivity contribution in [3.8, 4) is 0 Å². The van der Waals surface area contributed by atoms with Gasteiger partial charge in [0.25, 0.3) is 0 Å². The normalized spacial score (nSPS) is 26.8. The van der Waals surface area contributed by atoms with Crippen molar-refractivity contribution in [2.24, 2.45) is 17.1 Å². The van der Waals surface area contributed by atoms with Crippen LogP contribution >= 0.6 is 0 Å². The zero-order chi connectivity index (χ0) is 12.2. The minimum Gasteiger partial charge on any atom is -0.389 e. The van der Waals surface area contributed by atoms with E-state index in [-0.39, 0.29) is 5.41 Å². The van der Waals surface area contributed by atoms with E-state index in [2.05, 4.69) is 13.8 Å². The lowest BCUT2D eigenvalue weighted by atomic mass is 9.62. The van der Waals surface area contributed by atoms with Crippen LogP contribution in [0.5, 0.6) is 0 Å². The molecule has 0 heterocycles. The molecule has 0 aliphatic heterocycles. The summed E-state index contributed by atoms with van der Waals surface area (Å²) in [4.78, 5) is 0. The van der Waals surface area contributed by atoms with Crippen LogP contribution in [0.25, 0.3) is 0 Å². The van der Waals surface area contributed by atoms with Gasteiger partial charge in [0.1, 0.15) is 0 Å². The fourth-order valence-corrected chi connectivity index (χ4v) is 3.24. The summed E-state index contributed by atoms with van der Waals surface area (Å²) in [6.45, 7) is 6.95. The number of hydrogen-bond acceptors (Lipinski definition) is 2. The summed E-state index contributed by atoms with van der Waals surface area (Å²) < 4.78 is 0. The van der Waals surface area contributed by atoms with Crippen LogP contribution in [0.1, 0.15) is 65.7 Å². The average Bonchev–Trinajstić information content (AvgIpc) is 2.53. The van der Waals surface area contributed by atoms with Gasteiger partial charge >= 0.3 is 0 Å². The maximum atomic E-state index is 10.9. The predicted molar refractivity (Wildman–Crippen MR) is 69.3 cm³/mol. The van der Waals surface area contributed by atoms with E-state index >= 15 is 0 Å². The Labute approximate surface area is 101 Å². The van der Waals surface area contributed by atoms with E-state index in [0.717, 1.165) is 19.3 Å². The highest BCUT2D eigenvalue weighted by molar-refractivity contribution is 5.00. The highest BCUT2D eigenvalue weighted by atomic mass is 16.3. The molecule has 0 aromatic carbocycles. The highest BCUT2D eigenvalue weighted by Crippen LogP contribution is 2.47. The van der Waals surface area contributed by atoms with Gasteiger partial charge in [-0.25, -0.2) is 0 Å². The molecule has 1 aliphatic carbocycles. The van der Waals surface area contributed by atoms with Gasteiger partial charge in [-0.3, -0.25) is 0 Å². The molecule has 96 valence electrons. The number of hydrogen-bond donors (Lipinski definition) is 2. The summed E-state index contributed by atoms with van der Waals surface area (Å²) in [6.07, 6.45) is 8.28. The Morgan fingerprint density at radius 1 is 1.25 bits per heavy atom. The van der Waals surface area contributed by atoms with Gasteiger partial charge in [0, 0.05) is 12.0 Å². The van der Waals surface area contributed by atoms with Crippen molar-refractivity contribution in [1.82, 2.24) is 0 Å². The van der Waals surface area contributed by atoms with Crippen LogP contribution in [-0.2, 0) is 0 Å². The average molecular weight is 227 g/mol. The van der Waals surface area contributed by atoms with Crippen molar-refractivity contribution >= 4 is 0 Å². The minimum atomic E-state index is -0.610. The van der Waals surface area contributed by atoms with Crippen molar-refractivity contribution in [3.63, 3.8) is 0 Å². The van der Waals surface area contributed by atoms with E-state index < -0.39 is 5.60 Å². The molecule has 0 spiro atoms. The van der Waals surface area contributed by atoms with Crippen LogP contribution < -0.4 is 5.73 Å². The standard InChI is InChI=1S/C14H29NO/c1-4-12(2)13(3,16)14(11-15)9-7-5-6-8-10-14/h12,16H,4-11,15H2,1-3H3. The van der Waals surface area contributed by atoms with Crippen LogP contribution in [0.2, 0.25) is 0 Å². The molecule has 1 saturated carbocycles. The third kappa shape index (κ3) is 2.43. The Balaban J connectivity index is 2.91. The summed E-state index contributed by atoms with van der Waals surface area (Å²) in [6, 6.07) is 0. The molecule has 0 saturated heterocycles. The first-order valence-electron chi connectivity index (χ1n) is 6.92. The first-order valence-corrected chi connectivity index (χ1v) is 6.92. The van der Waals surface area contributed by atoms with Gasteiger partial charge in [-0.15, -0.1) is 0 Å². The van der Waals surface area contributed by atoms with Crippen molar-refractivity contribution in [3.05, 3.63) is 0 Å². The van der Waals surface area contributed by atoms with Crippen LogP contribution in [0, 0.1) is 11.3 Å². The minimum absolute atomic E-state index is 0.0427. The molecule has 1 fully saturated rings. The van der Waals surface area contributed by atoms with Crippen molar-refractivity contribution < 1.29 is 5.11 Å². The predicted octanol–water partition coefficient (Wildman–Crippen LogP) is 3.08. The summed E-state index contributed by atoms with van der Waals surface area (Å²) in [7, 11) is 0. The van der Waals surface area contributed by atoms with E-state index in [1.807, 2.05) is 6.92 Å². The van der Waals surface area contributed by atoms with Crippen LogP contribution in [0.4, 0.5) is 0 Å². The van der Waals surface area contributed by atoms with E-state index in [1.165, 1.54) is 25.7 Å². The lowest BCUT2D eigenvalue weighted by Crippen LogP contribution is -2.54. The van der Waals surface area contributed by atoms with Crippen molar-refractivity contribution in [2.45, 2.75) is 71.3 Å². The van der Waals surface area contributed by atoms with Gasteiger partial charge in [0.05, 0.1) is 5.60 Å². The third-order valence-electron chi connectivity index (χ3n) is 5.10. The summed E-state index contributed by atoms with van der Waals surface area (Å²) in [5.74, 6) is 0.328. The molecule has 0 aromatic rings. The number of aliphatic hydroxyl groups is 1. The molecule has 2 heteroatoms. The second kappa shape index (κ2) is 5.50. The quantitative estimate of drug-likeness (QED) is 0.725. The first-order chi connectivity index (χ1) is 7.50. The SMILES string of the molecule is CCC(C)C(C)(O)C1(CN)CCCCCC1. The van der Waals surface area contributed by atoms with Gasteiger partial charge < -0.3 is 10.8 Å². The molecule has 16 heavy (non-hydrogen) atoms. The van der Waals surface area contributed by atoms with Gasteiger partial charge in [0.2, 0.25) is 0 Å². The van der Waals surface area contributed by atoms with Gasteiger partial charge in [-0.1, -0.05) is 46.0 Å². The molecular formula is C14H29NO. The van der Waals surface area contributed by atoms with Crippen LogP contribution in [0.15, 0.2) is 0 Å². The second-order valence-corrected chi connectivity index (χ2v) is 5.86. The zero-order valence-corrected chi connectivity index (χ0v) is 11.3. The summed E-state index contributed by atoms with van der Waals surface area (Å²) >= 11 is 0. The molecule has 0 aromatic heterocycles. The fourth-order valence-electron chi connectivity index (χ4n) is 3.24. The maximum absolute atomic E-state index is 10.9. The van der Waals surface area contributed by atoms with Gasteiger partial charge in [0.15, 0.2) is 0 Å². The molecule has 3 N–H and O–H groups in total. The molecule has 1 aliphatic rings. The molecule has 0 bridgehead atoms. The summed E-state index contributed by atoms with van der Waals surface area (Å²) in [5.41, 5.74) is 5.37. The van der Waals surface area contributed by atoms with Gasteiger partial charge in [-0.05, 0) is 25.7 Å².